The number of anilines is 1. The molecule has 0 bridgehead atoms. The van der Waals surface area contributed by atoms with Crippen LogP contribution in [0.2, 0.25) is 0 Å². The molecule has 2 aromatic heterocycles. The predicted molar refractivity (Wildman–Crippen MR) is 102 cm³/mol. The van der Waals surface area contributed by atoms with Crippen LogP contribution in [0, 0.1) is 0 Å². The number of carbonyl (C=O) groups is 1. The second-order valence-corrected chi connectivity index (χ2v) is 8.43. The van der Waals surface area contributed by atoms with Gasteiger partial charge < -0.3 is 4.98 Å². The molecular formula is C16H23N5O2S2. The summed E-state index contributed by atoms with van der Waals surface area (Å²) in [4.78, 5) is 31.4. The van der Waals surface area contributed by atoms with Crippen LogP contribution in [-0.2, 0) is 4.79 Å². The molecule has 9 heteroatoms. The first-order chi connectivity index (χ1) is 11.8. The van der Waals surface area contributed by atoms with Crippen molar-refractivity contribution in [3.63, 3.8) is 0 Å². The third-order valence-electron chi connectivity index (χ3n) is 3.41. The summed E-state index contributed by atoms with van der Waals surface area (Å²) in [5.41, 5.74) is 0.509. The Hall–Kier alpha value is -1.74. The second-order valence-electron chi connectivity index (χ2n) is 6.23. The summed E-state index contributed by atoms with van der Waals surface area (Å²) in [7, 11) is 0. The number of hydrogen-bond donors (Lipinski definition) is 2. The van der Waals surface area contributed by atoms with E-state index in [1.807, 2.05) is 34.6 Å². The van der Waals surface area contributed by atoms with Gasteiger partial charge in [-0.3, -0.25) is 14.9 Å². The summed E-state index contributed by atoms with van der Waals surface area (Å²) >= 11 is 2.63. The van der Waals surface area contributed by atoms with Gasteiger partial charge in [0.15, 0.2) is 5.16 Å². The van der Waals surface area contributed by atoms with Crippen molar-refractivity contribution in [2.75, 3.05) is 5.32 Å². The number of nitrogens with one attached hydrogen (secondary N) is 2. The summed E-state index contributed by atoms with van der Waals surface area (Å²) in [6.45, 7) is 9.92. The SMILES string of the molecule is CCC(Sc1nc(C(C)C)cc(=O)[nH]1)C(=O)Nc1nnc(C(C)C)s1. The predicted octanol–water partition coefficient (Wildman–Crippen LogP) is 3.38. The molecule has 25 heavy (non-hydrogen) atoms. The zero-order valence-electron chi connectivity index (χ0n) is 15.0. The Morgan fingerprint density at radius 2 is 2.00 bits per heavy atom. The third-order valence-corrected chi connectivity index (χ3v) is 5.80. The molecule has 0 fully saturated rings. The van der Waals surface area contributed by atoms with Crippen LogP contribution >= 0.6 is 23.1 Å². The topological polar surface area (TPSA) is 101 Å². The van der Waals surface area contributed by atoms with Gasteiger partial charge in [-0.1, -0.05) is 57.7 Å². The molecule has 0 saturated heterocycles. The van der Waals surface area contributed by atoms with Crippen molar-refractivity contribution in [1.82, 2.24) is 20.2 Å². The number of H-pyrrole nitrogens is 1. The first-order valence-electron chi connectivity index (χ1n) is 8.22. The van der Waals surface area contributed by atoms with Crippen molar-refractivity contribution < 1.29 is 4.79 Å². The van der Waals surface area contributed by atoms with Gasteiger partial charge in [-0.05, 0) is 12.3 Å². The van der Waals surface area contributed by atoms with E-state index >= 15 is 0 Å². The average Bonchev–Trinajstić information content (AvgIpc) is 3.00. The number of rotatable bonds is 7. The molecule has 1 unspecified atom stereocenters. The number of thioether (sulfide) groups is 1. The fourth-order valence-corrected chi connectivity index (χ4v) is 3.63. The summed E-state index contributed by atoms with van der Waals surface area (Å²) < 4.78 is 0. The normalized spacial score (nSPS) is 12.6. The fourth-order valence-electron chi connectivity index (χ4n) is 1.97. The molecule has 7 nitrogen and oxygen atoms in total. The summed E-state index contributed by atoms with van der Waals surface area (Å²) in [5.74, 6) is 0.246. The molecule has 0 saturated carbocycles. The number of carbonyl (C=O) groups excluding carboxylic acids is 1. The fraction of sp³-hybridized carbons (Fsp3) is 0.562. The minimum Gasteiger partial charge on any atom is -0.301 e. The van der Waals surface area contributed by atoms with Crippen molar-refractivity contribution in [2.24, 2.45) is 0 Å². The lowest BCUT2D eigenvalue weighted by molar-refractivity contribution is -0.115. The van der Waals surface area contributed by atoms with Gasteiger partial charge in [-0.25, -0.2) is 4.98 Å². The highest BCUT2D eigenvalue weighted by molar-refractivity contribution is 8.00. The highest BCUT2D eigenvalue weighted by atomic mass is 32.2. The number of aromatic amines is 1. The minimum absolute atomic E-state index is 0.145. The van der Waals surface area contributed by atoms with E-state index < -0.39 is 0 Å². The van der Waals surface area contributed by atoms with Crippen LogP contribution in [0.25, 0.3) is 0 Å². The lowest BCUT2D eigenvalue weighted by atomic mass is 10.1. The lowest BCUT2D eigenvalue weighted by Gasteiger charge is -2.13. The van der Waals surface area contributed by atoms with Crippen LogP contribution in [0.4, 0.5) is 5.13 Å². The van der Waals surface area contributed by atoms with Gasteiger partial charge in [0.05, 0.1) is 10.9 Å². The van der Waals surface area contributed by atoms with E-state index in [9.17, 15) is 9.59 Å². The van der Waals surface area contributed by atoms with E-state index in [1.54, 1.807) is 0 Å². The molecule has 1 amide bonds. The molecule has 0 aliphatic carbocycles. The molecule has 0 aliphatic heterocycles. The van der Waals surface area contributed by atoms with Crippen LogP contribution in [0.15, 0.2) is 16.0 Å². The van der Waals surface area contributed by atoms with E-state index in [1.165, 1.54) is 29.2 Å². The maximum Gasteiger partial charge on any atom is 0.251 e. The first-order valence-corrected chi connectivity index (χ1v) is 9.92. The largest absolute Gasteiger partial charge is 0.301 e. The molecule has 2 N–H and O–H groups in total. The van der Waals surface area contributed by atoms with Gasteiger partial charge in [-0.15, -0.1) is 10.2 Å². The summed E-state index contributed by atoms with van der Waals surface area (Å²) in [5, 5.41) is 12.3. The van der Waals surface area contributed by atoms with E-state index in [2.05, 4.69) is 25.5 Å². The molecule has 2 aromatic rings. The van der Waals surface area contributed by atoms with Crippen LogP contribution in [0.3, 0.4) is 0 Å². The first kappa shape index (κ1) is 19.6. The Morgan fingerprint density at radius 3 is 2.56 bits per heavy atom. The van der Waals surface area contributed by atoms with Gasteiger partial charge >= 0.3 is 0 Å². The number of nitrogens with zero attached hydrogens (tertiary/aromatic N) is 3. The average molecular weight is 382 g/mol. The van der Waals surface area contributed by atoms with Crippen molar-refractivity contribution in [1.29, 1.82) is 0 Å². The second kappa shape index (κ2) is 8.57. The molecule has 2 rings (SSSR count). The summed E-state index contributed by atoms with van der Waals surface area (Å²) in [6, 6.07) is 1.49. The number of aromatic nitrogens is 4. The Balaban J connectivity index is 2.10. The molecule has 1 atom stereocenters. The van der Waals surface area contributed by atoms with Crippen molar-refractivity contribution >= 4 is 34.1 Å². The van der Waals surface area contributed by atoms with Crippen molar-refractivity contribution in [3.8, 4) is 0 Å². The highest BCUT2D eigenvalue weighted by Gasteiger charge is 2.21. The number of amides is 1. The van der Waals surface area contributed by atoms with Crippen LogP contribution in [-0.4, -0.2) is 31.3 Å². The molecule has 136 valence electrons. The molecule has 0 aliphatic rings. The van der Waals surface area contributed by atoms with E-state index in [0.717, 1.165) is 5.01 Å². The van der Waals surface area contributed by atoms with Crippen LogP contribution in [0.5, 0.6) is 0 Å². The summed E-state index contributed by atoms with van der Waals surface area (Å²) in [6.07, 6.45) is 0.599. The zero-order chi connectivity index (χ0) is 18.6. The monoisotopic (exact) mass is 381 g/mol. The maximum absolute atomic E-state index is 12.5. The Kier molecular flexibility index (Phi) is 6.71. The molecule has 0 radical (unpaired) electrons. The van der Waals surface area contributed by atoms with Crippen molar-refractivity contribution in [3.05, 3.63) is 27.1 Å². The van der Waals surface area contributed by atoms with Gasteiger partial charge in [-0.2, -0.15) is 0 Å². The zero-order valence-corrected chi connectivity index (χ0v) is 16.6. The van der Waals surface area contributed by atoms with Gasteiger partial charge in [0.2, 0.25) is 11.0 Å². The third kappa shape index (κ3) is 5.37. The van der Waals surface area contributed by atoms with Crippen LogP contribution in [0.1, 0.15) is 63.6 Å². The van der Waals surface area contributed by atoms with Gasteiger partial charge in [0, 0.05) is 12.0 Å². The van der Waals surface area contributed by atoms with E-state index in [-0.39, 0.29) is 28.6 Å². The molecule has 2 heterocycles. The molecule has 0 aromatic carbocycles. The molecular weight excluding hydrogens is 358 g/mol. The highest BCUT2D eigenvalue weighted by Crippen LogP contribution is 2.26. The molecule has 0 spiro atoms. The maximum atomic E-state index is 12.5. The van der Waals surface area contributed by atoms with E-state index in [0.29, 0.717) is 22.4 Å². The standard InChI is InChI=1S/C16H23N5O2S2/c1-6-11(13(23)19-16-21-20-14(25-16)9(4)5)24-15-17-10(8(2)3)7-12(22)18-15/h7-9,11H,6H2,1-5H3,(H,17,18,22)(H,19,21,23). The Morgan fingerprint density at radius 1 is 1.28 bits per heavy atom. The van der Waals surface area contributed by atoms with Gasteiger partial charge in [0.1, 0.15) is 5.01 Å². The lowest BCUT2D eigenvalue weighted by Crippen LogP contribution is -2.25. The van der Waals surface area contributed by atoms with Crippen LogP contribution < -0.4 is 10.9 Å². The number of hydrogen-bond acceptors (Lipinski definition) is 7. The van der Waals surface area contributed by atoms with Crippen molar-refractivity contribution in [2.45, 2.75) is 63.3 Å². The minimum atomic E-state index is -0.378. The Bertz CT molecular complexity index is 785. The van der Waals surface area contributed by atoms with E-state index in [4.69, 9.17) is 0 Å². The quantitative estimate of drug-likeness (QED) is 0.563. The smallest absolute Gasteiger partial charge is 0.251 e. The Labute approximate surface area is 155 Å². The van der Waals surface area contributed by atoms with Gasteiger partial charge in [0.25, 0.3) is 5.56 Å².